The largest absolute Gasteiger partial charge is 0.383 e. The fraction of sp³-hybridized carbons (Fsp3) is 0.533. The fourth-order valence-electron chi connectivity index (χ4n) is 2.29. The van der Waals surface area contributed by atoms with Gasteiger partial charge in [0.2, 0.25) is 0 Å². The van der Waals surface area contributed by atoms with Crippen LogP contribution in [0.2, 0.25) is 0 Å². The summed E-state index contributed by atoms with van der Waals surface area (Å²) in [4.78, 5) is 4.76. The van der Waals surface area contributed by atoms with Gasteiger partial charge in [-0.3, -0.25) is 0 Å². The molecular formula is C15H23N3O. The highest BCUT2D eigenvalue weighted by molar-refractivity contribution is 5.76. The summed E-state index contributed by atoms with van der Waals surface area (Å²) in [6.45, 7) is 6.89. The molecule has 0 amide bonds. The van der Waals surface area contributed by atoms with Gasteiger partial charge in [-0.05, 0) is 32.0 Å². The van der Waals surface area contributed by atoms with Crippen LogP contribution in [0.1, 0.15) is 32.1 Å². The third-order valence-corrected chi connectivity index (χ3v) is 3.29. The van der Waals surface area contributed by atoms with Gasteiger partial charge in [-0.25, -0.2) is 4.98 Å². The van der Waals surface area contributed by atoms with Crippen molar-refractivity contribution in [3.63, 3.8) is 0 Å². The molecule has 1 aromatic carbocycles. The van der Waals surface area contributed by atoms with Crippen LogP contribution in [-0.2, 0) is 11.3 Å². The molecule has 0 spiro atoms. The molecule has 1 N–H and O–H groups in total. The van der Waals surface area contributed by atoms with Crippen LogP contribution in [-0.4, -0.2) is 29.8 Å². The Morgan fingerprint density at radius 2 is 2.16 bits per heavy atom. The van der Waals surface area contributed by atoms with Gasteiger partial charge in [-0.15, -0.1) is 0 Å². The Hall–Kier alpha value is -1.39. The molecule has 0 radical (unpaired) electrons. The maximum absolute atomic E-state index is 5.21. The Kier molecular flexibility index (Phi) is 4.93. The smallest absolute Gasteiger partial charge is 0.126 e. The van der Waals surface area contributed by atoms with E-state index < -0.39 is 0 Å². The number of benzene rings is 1. The molecule has 2 rings (SSSR count). The zero-order valence-electron chi connectivity index (χ0n) is 12.0. The molecule has 0 saturated carbocycles. The van der Waals surface area contributed by atoms with Gasteiger partial charge in [0.25, 0.3) is 0 Å². The second kappa shape index (κ2) is 6.68. The van der Waals surface area contributed by atoms with Crippen LogP contribution in [0.4, 0.5) is 0 Å². The highest BCUT2D eigenvalue weighted by Crippen LogP contribution is 2.20. The van der Waals surface area contributed by atoms with Crippen LogP contribution in [0, 0.1) is 0 Å². The van der Waals surface area contributed by atoms with Crippen LogP contribution in [0.15, 0.2) is 24.3 Å². The lowest BCUT2D eigenvalue weighted by molar-refractivity contribution is 0.186. The predicted octanol–water partition coefficient (Wildman–Crippen LogP) is 2.74. The van der Waals surface area contributed by atoms with Crippen LogP contribution >= 0.6 is 0 Å². The number of para-hydroxylation sites is 2. The number of methoxy groups -OCH3 is 1. The molecule has 19 heavy (non-hydrogen) atoms. The molecule has 2 aromatic rings. The van der Waals surface area contributed by atoms with Gasteiger partial charge in [0.15, 0.2) is 0 Å². The standard InChI is InChI=1S/C15H23N3O/c1-4-9-16-12(2)15-17-13-7-5-6-8-14(13)18(15)10-11-19-3/h5-8,12,16H,4,9-11H2,1-3H3. The minimum Gasteiger partial charge on any atom is -0.383 e. The number of aromatic nitrogens is 2. The molecular weight excluding hydrogens is 238 g/mol. The van der Waals surface area contributed by atoms with Crippen molar-refractivity contribution in [2.75, 3.05) is 20.3 Å². The lowest BCUT2D eigenvalue weighted by Gasteiger charge is -2.15. The second-order valence-electron chi connectivity index (χ2n) is 4.78. The number of nitrogens with one attached hydrogen (secondary N) is 1. The van der Waals surface area contributed by atoms with Gasteiger partial charge in [0, 0.05) is 13.7 Å². The predicted molar refractivity (Wildman–Crippen MR) is 78.3 cm³/mol. The molecule has 0 fully saturated rings. The van der Waals surface area contributed by atoms with E-state index in [1.807, 2.05) is 6.07 Å². The van der Waals surface area contributed by atoms with Crippen molar-refractivity contribution in [2.24, 2.45) is 0 Å². The average Bonchev–Trinajstić information content (AvgIpc) is 2.81. The van der Waals surface area contributed by atoms with E-state index in [9.17, 15) is 0 Å². The van der Waals surface area contributed by atoms with Crippen molar-refractivity contribution in [1.29, 1.82) is 0 Å². The molecule has 1 atom stereocenters. The molecule has 1 heterocycles. The summed E-state index contributed by atoms with van der Waals surface area (Å²) in [5.74, 6) is 1.09. The van der Waals surface area contributed by atoms with E-state index in [0.29, 0.717) is 6.61 Å². The number of hydrogen-bond acceptors (Lipinski definition) is 3. The quantitative estimate of drug-likeness (QED) is 0.833. The van der Waals surface area contributed by atoms with E-state index in [-0.39, 0.29) is 6.04 Å². The molecule has 0 aliphatic carbocycles. The fourth-order valence-corrected chi connectivity index (χ4v) is 2.29. The highest BCUT2D eigenvalue weighted by Gasteiger charge is 2.15. The van der Waals surface area contributed by atoms with E-state index in [1.54, 1.807) is 7.11 Å². The van der Waals surface area contributed by atoms with Crippen molar-refractivity contribution in [3.8, 4) is 0 Å². The van der Waals surface area contributed by atoms with Crippen molar-refractivity contribution >= 4 is 11.0 Å². The highest BCUT2D eigenvalue weighted by atomic mass is 16.5. The van der Waals surface area contributed by atoms with Gasteiger partial charge in [0.05, 0.1) is 23.7 Å². The second-order valence-corrected chi connectivity index (χ2v) is 4.78. The van der Waals surface area contributed by atoms with E-state index in [4.69, 9.17) is 9.72 Å². The van der Waals surface area contributed by atoms with Gasteiger partial charge < -0.3 is 14.6 Å². The first kappa shape index (κ1) is 14.0. The average molecular weight is 261 g/mol. The third kappa shape index (κ3) is 3.14. The molecule has 0 saturated heterocycles. The molecule has 0 aliphatic heterocycles. The summed E-state index contributed by atoms with van der Waals surface area (Å²) in [5, 5.41) is 3.50. The maximum Gasteiger partial charge on any atom is 0.126 e. The van der Waals surface area contributed by atoms with Crippen LogP contribution in [0.5, 0.6) is 0 Å². The van der Waals surface area contributed by atoms with Gasteiger partial charge in [0.1, 0.15) is 5.82 Å². The molecule has 0 aliphatic rings. The summed E-state index contributed by atoms with van der Waals surface area (Å²) in [7, 11) is 1.73. The van der Waals surface area contributed by atoms with Crippen molar-refractivity contribution < 1.29 is 4.74 Å². The Balaban J connectivity index is 2.34. The molecule has 0 bridgehead atoms. The molecule has 4 heteroatoms. The lowest BCUT2D eigenvalue weighted by atomic mass is 10.3. The number of nitrogens with zero attached hydrogens (tertiary/aromatic N) is 2. The topological polar surface area (TPSA) is 39.1 Å². The summed E-state index contributed by atoms with van der Waals surface area (Å²) in [6.07, 6.45) is 1.13. The minimum absolute atomic E-state index is 0.254. The zero-order chi connectivity index (χ0) is 13.7. The first-order valence-corrected chi connectivity index (χ1v) is 6.95. The van der Waals surface area contributed by atoms with E-state index in [1.165, 1.54) is 5.52 Å². The normalized spacial score (nSPS) is 13.0. The number of imidazole rings is 1. The van der Waals surface area contributed by atoms with E-state index >= 15 is 0 Å². The zero-order valence-corrected chi connectivity index (χ0v) is 12.0. The van der Waals surface area contributed by atoms with Crippen LogP contribution in [0.25, 0.3) is 11.0 Å². The summed E-state index contributed by atoms with van der Waals surface area (Å²) in [6, 6.07) is 8.53. The van der Waals surface area contributed by atoms with Gasteiger partial charge in [-0.2, -0.15) is 0 Å². The SMILES string of the molecule is CCCNC(C)c1nc2ccccc2n1CCOC. The summed E-state index contributed by atoms with van der Waals surface area (Å²) < 4.78 is 7.47. The Morgan fingerprint density at radius 3 is 2.89 bits per heavy atom. The van der Waals surface area contributed by atoms with E-state index in [0.717, 1.165) is 30.9 Å². The van der Waals surface area contributed by atoms with E-state index in [2.05, 4.69) is 41.9 Å². The Labute approximate surface area is 114 Å². The molecule has 4 nitrogen and oxygen atoms in total. The van der Waals surface area contributed by atoms with Crippen molar-refractivity contribution in [2.45, 2.75) is 32.9 Å². The van der Waals surface area contributed by atoms with Gasteiger partial charge in [-0.1, -0.05) is 19.1 Å². The minimum atomic E-state index is 0.254. The van der Waals surface area contributed by atoms with Crippen molar-refractivity contribution in [1.82, 2.24) is 14.9 Å². The monoisotopic (exact) mass is 261 g/mol. The van der Waals surface area contributed by atoms with Crippen LogP contribution in [0.3, 0.4) is 0 Å². The first-order chi connectivity index (χ1) is 9.27. The molecule has 1 unspecified atom stereocenters. The summed E-state index contributed by atoms with van der Waals surface area (Å²) in [5.41, 5.74) is 2.23. The maximum atomic E-state index is 5.21. The summed E-state index contributed by atoms with van der Waals surface area (Å²) >= 11 is 0. The first-order valence-electron chi connectivity index (χ1n) is 6.95. The number of fused-ring (bicyclic) bond motifs is 1. The van der Waals surface area contributed by atoms with Crippen molar-refractivity contribution in [3.05, 3.63) is 30.1 Å². The number of rotatable bonds is 7. The number of hydrogen-bond donors (Lipinski definition) is 1. The molecule has 1 aromatic heterocycles. The molecule has 104 valence electrons. The number of ether oxygens (including phenoxy) is 1. The van der Waals surface area contributed by atoms with Crippen LogP contribution < -0.4 is 5.32 Å². The third-order valence-electron chi connectivity index (χ3n) is 3.29. The lowest BCUT2D eigenvalue weighted by Crippen LogP contribution is -2.23. The Morgan fingerprint density at radius 1 is 1.37 bits per heavy atom. The van der Waals surface area contributed by atoms with Gasteiger partial charge >= 0.3 is 0 Å². The Bertz CT molecular complexity index is 521.